The van der Waals surface area contributed by atoms with Gasteiger partial charge in [-0.15, -0.1) is 0 Å². The number of nitrogens with one attached hydrogen (secondary N) is 1. The van der Waals surface area contributed by atoms with Crippen molar-refractivity contribution < 1.29 is 26.7 Å². The second-order valence-electron chi connectivity index (χ2n) is 5.06. The van der Waals surface area contributed by atoms with Crippen molar-refractivity contribution in [1.82, 2.24) is 5.32 Å². The van der Waals surface area contributed by atoms with Crippen molar-refractivity contribution in [1.29, 1.82) is 0 Å². The van der Waals surface area contributed by atoms with Crippen LogP contribution in [0.4, 0.5) is 22.0 Å². The van der Waals surface area contributed by atoms with E-state index in [4.69, 9.17) is 11.6 Å². The lowest BCUT2D eigenvalue weighted by atomic mass is 10.1. The van der Waals surface area contributed by atoms with Gasteiger partial charge in [-0.2, -0.15) is 22.0 Å². The largest absolute Gasteiger partial charge is 0.416 e. The summed E-state index contributed by atoms with van der Waals surface area (Å²) in [6.07, 6.45) is -4.68. The molecule has 1 N–H and O–H groups in total. The molecule has 0 aliphatic rings. The number of amides is 1. The summed E-state index contributed by atoms with van der Waals surface area (Å²) in [6, 6.07) is 7.96. The summed E-state index contributed by atoms with van der Waals surface area (Å²) >= 11 is 7.47. The number of carbonyl (C=O) groups is 1. The van der Waals surface area contributed by atoms with Gasteiger partial charge in [-0.05, 0) is 46.9 Å². The Morgan fingerprint density at radius 1 is 1.08 bits per heavy atom. The molecule has 0 aromatic heterocycles. The summed E-state index contributed by atoms with van der Waals surface area (Å²) in [5.41, 5.74) is -1.69. The van der Waals surface area contributed by atoms with E-state index in [-0.39, 0.29) is 5.56 Å². The Kier molecular flexibility index (Phi) is 5.93. The molecule has 0 spiro atoms. The van der Waals surface area contributed by atoms with E-state index in [9.17, 15) is 26.7 Å². The Balaban J connectivity index is 2.16. The SMILES string of the molecule is O=C(NCC(F)(F)c1ccc(C(F)(F)F)cc1Cl)c1ccccc1I. The highest BCUT2D eigenvalue weighted by Crippen LogP contribution is 2.37. The van der Waals surface area contributed by atoms with Gasteiger partial charge in [0.2, 0.25) is 0 Å². The molecule has 9 heteroatoms. The fourth-order valence-corrected chi connectivity index (χ4v) is 2.97. The zero-order chi connectivity index (χ0) is 18.8. The quantitative estimate of drug-likeness (QED) is 0.447. The molecule has 0 heterocycles. The van der Waals surface area contributed by atoms with Gasteiger partial charge in [0.15, 0.2) is 0 Å². The lowest BCUT2D eigenvalue weighted by Crippen LogP contribution is -2.35. The number of carbonyl (C=O) groups excluding carboxylic acids is 1. The minimum atomic E-state index is -4.68. The molecule has 2 rings (SSSR count). The second-order valence-corrected chi connectivity index (χ2v) is 6.63. The molecule has 0 saturated heterocycles. The van der Waals surface area contributed by atoms with Crippen LogP contribution in [0.3, 0.4) is 0 Å². The standard InChI is InChI=1S/C16H10ClF5INO/c17-12-7-9(16(20,21)22)5-6-11(12)15(18,19)8-24-14(25)10-3-1-2-4-13(10)23/h1-7H,8H2,(H,24,25). The molecule has 0 bridgehead atoms. The van der Waals surface area contributed by atoms with Gasteiger partial charge in [-0.25, -0.2) is 0 Å². The van der Waals surface area contributed by atoms with E-state index in [2.05, 4.69) is 5.32 Å². The normalized spacial score (nSPS) is 12.1. The van der Waals surface area contributed by atoms with Crippen LogP contribution in [0.5, 0.6) is 0 Å². The first-order valence-electron chi connectivity index (χ1n) is 6.80. The zero-order valence-electron chi connectivity index (χ0n) is 12.3. The first-order chi connectivity index (χ1) is 11.5. The minimum absolute atomic E-state index is 0.220. The highest BCUT2D eigenvalue weighted by molar-refractivity contribution is 14.1. The van der Waals surface area contributed by atoms with E-state index in [0.717, 1.165) is 0 Å². The maximum absolute atomic E-state index is 14.2. The molecule has 134 valence electrons. The van der Waals surface area contributed by atoms with Crippen molar-refractivity contribution in [2.24, 2.45) is 0 Å². The van der Waals surface area contributed by atoms with E-state index in [0.29, 0.717) is 21.8 Å². The maximum Gasteiger partial charge on any atom is 0.416 e. The predicted molar refractivity (Wildman–Crippen MR) is 91.8 cm³/mol. The molecule has 0 saturated carbocycles. The van der Waals surface area contributed by atoms with E-state index in [1.165, 1.54) is 6.07 Å². The molecule has 0 aliphatic carbocycles. The third-order valence-corrected chi connectivity index (χ3v) is 4.53. The molecule has 0 aliphatic heterocycles. The summed E-state index contributed by atoms with van der Waals surface area (Å²) in [5.74, 6) is -4.34. The maximum atomic E-state index is 14.2. The number of hydrogen-bond donors (Lipinski definition) is 1. The molecule has 0 unspecified atom stereocenters. The molecular formula is C16H10ClF5INO. The van der Waals surface area contributed by atoms with Crippen LogP contribution in [0.2, 0.25) is 5.02 Å². The molecule has 2 aromatic carbocycles. The van der Waals surface area contributed by atoms with Crippen LogP contribution in [0.15, 0.2) is 42.5 Å². The lowest BCUT2D eigenvalue weighted by molar-refractivity contribution is -0.137. The number of rotatable bonds is 4. The average Bonchev–Trinajstić information content (AvgIpc) is 2.52. The van der Waals surface area contributed by atoms with Crippen LogP contribution >= 0.6 is 34.2 Å². The number of hydrogen-bond acceptors (Lipinski definition) is 1. The van der Waals surface area contributed by atoms with Crippen LogP contribution in [0, 0.1) is 3.57 Å². The third-order valence-electron chi connectivity index (χ3n) is 3.28. The van der Waals surface area contributed by atoms with Crippen molar-refractivity contribution in [3.63, 3.8) is 0 Å². The summed E-state index contributed by atoms with van der Waals surface area (Å²) < 4.78 is 66.8. The van der Waals surface area contributed by atoms with Crippen molar-refractivity contribution in [3.8, 4) is 0 Å². The first kappa shape index (κ1) is 19.9. The predicted octanol–water partition coefficient (Wildman–Crippen LogP) is 5.49. The summed E-state index contributed by atoms with van der Waals surface area (Å²) in [6.45, 7) is -1.10. The van der Waals surface area contributed by atoms with Crippen LogP contribution in [-0.4, -0.2) is 12.5 Å². The van der Waals surface area contributed by atoms with Gasteiger partial charge < -0.3 is 5.32 Å². The zero-order valence-corrected chi connectivity index (χ0v) is 15.2. The average molecular weight is 490 g/mol. The Hall–Kier alpha value is -1.42. The van der Waals surface area contributed by atoms with E-state index >= 15 is 0 Å². The minimum Gasteiger partial charge on any atom is -0.346 e. The molecule has 25 heavy (non-hydrogen) atoms. The summed E-state index contributed by atoms with van der Waals surface area (Å²) in [4.78, 5) is 12.0. The highest BCUT2D eigenvalue weighted by Gasteiger charge is 2.37. The molecular weight excluding hydrogens is 480 g/mol. The van der Waals surface area contributed by atoms with Crippen LogP contribution < -0.4 is 5.32 Å². The highest BCUT2D eigenvalue weighted by atomic mass is 127. The lowest BCUT2D eigenvalue weighted by Gasteiger charge is -2.20. The number of benzene rings is 2. The Bertz CT molecular complexity index is 794. The summed E-state index contributed by atoms with van der Waals surface area (Å²) in [5, 5.41) is 1.36. The van der Waals surface area contributed by atoms with Crippen LogP contribution in [-0.2, 0) is 12.1 Å². The fourth-order valence-electron chi connectivity index (χ4n) is 2.02. The van der Waals surface area contributed by atoms with Crippen LogP contribution in [0.25, 0.3) is 0 Å². The molecule has 2 nitrogen and oxygen atoms in total. The topological polar surface area (TPSA) is 29.1 Å². The van der Waals surface area contributed by atoms with Gasteiger partial charge >= 0.3 is 6.18 Å². The van der Waals surface area contributed by atoms with Gasteiger partial charge in [0, 0.05) is 9.13 Å². The summed E-state index contributed by atoms with van der Waals surface area (Å²) in [7, 11) is 0. The van der Waals surface area contributed by atoms with Gasteiger partial charge in [-0.3, -0.25) is 4.79 Å². The first-order valence-corrected chi connectivity index (χ1v) is 8.26. The van der Waals surface area contributed by atoms with Gasteiger partial charge in [-0.1, -0.05) is 29.8 Å². The second kappa shape index (κ2) is 7.45. The molecule has 0 atom stereocenters. The van der Waals surface area contributed by atoms with Gasteiger partial charge in [0.25, 0.3) is 11.8 Å². The van der Waals surface area contributed by atoms with Crippen molar-refractivity contribution in [3.05, 3.63) is 67.7 Å². The van der Waals surface area contributed by atoms with Gasteiger partial charge in [0.05, 0.1) is 22.7 Å². The third kappa shape index (κ3) is 4.81. The van der Waals surface area contributed by atoms with Crippen LogP contribution in [0.1, 0.15) is 21.5 Å². The van der Waals surface area contributed by atoms with Crippen molar-refractivity contribution >= 4 is 40.1 Å². The van der Waals surface area contributed by atoms with E-state index in [1.807, 2.05) is 22.6 Å². The Morgan fingerprint density at radius 3 is 2.28 bits per heavy atom. The molecule has 0 fully saturated rings. The van der Waals surface area contributed by atoms with E-state index < -0.39 is 40.7 Å². The number of alkyl halides is 5. The Labute approximate surface area is 158 Å². The monoisotopic (exact) mass is 489 g/mol. The smallest absolute Gasteiger partial charge is 0.346 e. The van der Waals surface area contributed by atoms with Gasteiger partial charge in [0.1, 0.15) is 0 Å². The van der Waals surface area contributed by atoms with E-state index in [1.54, 1.807) is 18.2 Å². The molecule has 0 radical (unpaired) electrons. The Morgan fingerprint density at radius 2 is 1.72 bits per heavy atom. The molecule has 1 amide bonds. The molecule has 2 aromatic rings. The fraction of sp³-hybridized carbons (Fsp3) is 0.188. The van der Waals surface area contributed by atoms with Crippen molar-refractivity contribution in [2.75, 3.05) is 6.54 Å². The number of halogens is 7. The van der Waals surface area contributed by atoms with Crippen molar-refractivity contribution in [2.45, 2.75) is 12.1 Å².